The number of rotatable bonds is 3. The van der Waals surface area contributed by atoms with Gasteiger partial charge in [0, 0.05) is 12.0 Å². The van der Waals surface area contributed by atoms with Gasteiger partial charge in [-0.2, -0.15) is 0 Å². The van der Waals surface area contributed by atoms with Gasteiger partial charge in [0.1, 0.15) is 0 Å². The van der Waals surface area contributed by atoms with E-state index in [2.05, 4.69) is 16.9 Å². The summed E-state index contributed by atoms with van der Waals surface area (Å²) in [5.41, 5.74) is 0.937. The predicted octanol–water partition coefficient (Wildman–Crippen LogP) is 2.36. The molecule has 1 aromatic rings. The van der Waals surface area contributed by atoms with E-state index in [1.807, 2.05) is 6.92 Å². The average Bonchev–Trinajstić information content (AvgIpc) is 2.69. The van der Waals surface area contributed by atoms with Gasteiger partial charge in [-0.3, -0.25) is 0 Å². The van der Waals surface area contributed by atoms with Crippen molar-refractivity contribution in [1.29, 1.82) is 0 Å². The third kappa shape index (κ3) is 3.17. The van der Waals surface area contributed by atoms with Gasteiger partial charge in [-0.15, -0.1) is 11.3 Å². The highest BCUT2D eigenvalue weighted by atomic mass is 32.1. The van der Waals surface area contributed by atoms with Gasteiger partial charge in [0.2, 0.25) is 0 Å². The standard InChI is InChI=1S/C13H18N2O2S/c1-9-11(3-4-12(16)17)18-13(14-9)10-5-7-15(2)8-6-10/h3-4,10H,5-8H2,1-2H3,(H,16,17)/b4-3+. The molecule has 0 aromatic carbocycles. The van der Waals surface area contributed by atoms with Gasteiger partial charge in [0.25, 0.3) is 0 Å². The first-order valence-electron chi connectivity index (χ1n) is 6.13. The summed E-state index contributed by atoms with van der Waals surface area (Å²) in [4.78, 5) is 18.4. The van der Waals surface area contributed by atoms with Crippen LogP contribution in [0.1, 0.15) is 34.3 Å². The number of carboxylic acids is 1. The molecule has 1 N–H and O–H groups in total. The molecule has 1 fully saturated rings. The largest absolute Gasteiger partial charge is 0.478 e. The monoisotopic (exact) mass is 266 g/mol. The Morgan fingerprint density at radius 2 is 2.17 bits per heavy atom. The van der Waals surface area contributed by atoms with Crippen LogP contribution >= 0.6 is 11.3 Å². The van der Waals surface area contributed by atoms with E-state index in [0.29, 0.717) is 5.92 Å². The van der Waals surface area contributed by atoms with Crippen LogP contribution in [0.25, 0.3) is 6.08 Å². The van der Waals surface area contributed by atoms with Crippen molar-refractivity contribution < 1.29 is 9.90 Å². The van der Waals surface area contributed by atoms with Crippen LogP contribution in [0, 0.1) is 6.92 Å². The van der Waals surface area contributed by atoms with E-state index in [9.17, 15) is 4.79 Å². The number of nitrogens with zero attached hydrogens (tertiary/aromatic N) is 2. The van der Waals surface area contributed by atoms with Crippen LogP contribution in [0.2, 0.25) is 0 Å². The van der Waals surface area contributed by atoms with Crippen LogP contribution in [-0.4, -0.2) is 41.1 Å². The zero-order valence-corrected chi connectivity index (χ0v) is 11.5. The lowest BCUT2D eigenvalue weighted by Gasteiger charge is -2.27. The second-order valence-corrected chi connectivity index (χ2v) is 5.81. The Morgan fingerprint density at radius 1 is 1.50 bits per heavy atom. The van der Waals surface area contributed by atoms with Crippen LogP contribution in [0.15, 0.2) is 6.08 Å². The second kappa shape index (κ2) is 5.63. The fourth-order valence-corrected chi connectivity index (χ4v) is 3.30. The minimum Gasteiger partial charge on any atom is -0.478 e. The summed E-state index contributed by atoms with van der Waals surface area (Å²) in [5.74, 6) is -0.375. The molecule has 0 bridgehead atoms. The van der Waals surface area contributed by atoms with Crippen LogP contribution < -0.4 is 0 Å². The fourth-order valence-electron chi connectivity index (χ4n) is 2.16. The lowest BCUT2D eigenvalue weighted by Crippen LogP contribution is -2.29. The van der Waals surface area contributed by atoms with Crippen LogP contribution in [0.5, 0.6) is 0 Å². The zero-order valence-electron chi connectivity index (χ0n) is 10.7. The van der Waals surface area contributed by atoms with E-state index < -0.39 is 5.97 Å². The predicted molar refractivity (Wildman–Crippen MR) is 73.0 cm³/mol. The van der Waals surface area contributed by atoms with Gasteiger partial charge < -0.3 is 10.0 Å². The molecule has 0 unspecified atom stereocenters. The van der Waals surface area contributed by atoms with E-state index in [1.165, 1.54) is 6.08 Å². The second-order valence-electron chi connectivity index (χ2n) is 4.75. The Balaban J connectivity index is 2.11. The summed E-state index contributed by atoms with van der Waals surface area (Å²) in [6, 6.07) is 0. The summed E-state index contributed by atoms with van der Waals surface area (Å²) in [6.07, 6.45) is 5.11. The Morgan fingerprint density at radius 3 is 2.78 bits per heavy atom. The molecule has 18 heavy (non-hydrogen) atoms. The summed E-state index contributed by atoms with van der Waals surface area (Å²) >= 11 is 1.63. The van der Waals surface area contributed by atoms with Gasteiger partial charge in [-0.05, 0) is 46.0 Å². The first kappa shape index (κ1) is 13.2. The van der Waals surface area contributed by atoms with Gasteiger partial charge in [0.15, 0.2) is 0 Å². The number of piperidine rings is 1. The summed E-state index contributed by atoms with van der Waals surface area (Å²) in [7, 11) is 2.14. The van der Waals surface area contributed by atoms with Gasteiger partial charge >= 0.3 is 5.97 Å². The maximum absolute atomic E-state index is 10.5. The number of aromatic nitrogens is 1. The Labute approximate surface area is 111 Å². The van der Waals surface area contributed by atoms with Crippen molar-refractivity contribution in [1.82, 2.24) is 9.88 Å². The molecule has 1 aliphatic heterocycles. The molecule has 0 amide bonds. The number of carbonyl (C=O) groups is 1. The zero-order chi connectivity index (χ0) is 13.1. The molecule has 0 aliphatic carbocycles. The minimum absolute atomic E-state index is 0.539. The van der Waals surface area contributed by atoms with Crippen molar-refractivity contribution in [2.24, 2.45) is 0 Å². The van der Waals surface area contributed by atoms with Gasteiger partial charge in [0.05, 0.1) is 15.6 Å². The highest BCUT2D eigenvalue weighted by Crippen LogP contribution is 2.32. The minimum atomic E-state index is -0.913. The lowest BCUT2D eigenvalue weighted by atomic mass is 9.98. The number of hydrogen-bond acceptors (Lipinski definition) is 4. The Hall–Kier alpha value is -1.20. The number of thiazole rings is 1. The molecule has 0 spiro atoms. The summed E-state index contributed by atoms with van der Waals surface area (Å²) < 4.78 is 0. The Bertz CT molecular complexity index is 460. The van der Waals surface area contributed by atoms with Crippen molar-refractivity contribution in [2.45, 2.75) is 25.7 Å². The van der Waals surface area contributed by atoms with Crippen molar-refractivity contribution in [3.05, 3.63) is 21.7 Å². The normalized spacial score (nSPS) is 18.6. The molecule has 2 heterocycles. The summed E-state index contributed by atoms with van der Waals surface area (Å²) in [6.45, 7) is 4.17. The molecule has 1 aromatic heterocycles. The molecule has 1 aliphatic rings. The van der Waals surface area contributed by atoms with Crippen molar-refractivity contribution in [3.63, 3.8) is 0 Å². The number of likely N-dealkylation sites (tertiary alicyclic amines) is 1. The van der Waals surface area contributed by atoms with E-state index in [4.69, 9.17) is 5.11 Å². The molecule has 2 rings (SSSR count). The van der Waals surface area contributed by atoms with Crippen molar-refractivity contribution in [3.8, 4) is 0 Å². The molecule has 98 valence electrons. The number of aryl methyl sites for hydroxylation is 1. The smallest absolute Gasteiger partial charge is 0.328 e. The van der Waals surface area contributed by atoms with E-state index in [1.54, 1.807) is 17.4 Å². The van der Waals surface area contributed by atoms with E-state index >= 15 is 0 Å². The number of carboxylic acid groups (broad SMARTS) is 1. The lowest BCUT2D eigenvalue weighted by molar-refractivity contribution is -0.131. The maximum atomic E-state index is 10.5. The van der Waals surface area contributed by atoms with E-state index in [0.717, 1.165) is 41.5 Å². The quantitative estimate of drug-likeness (QED) is 0.853. The molecule has 0 saturated carbocycles. The van der Waals surface area contributed by atoms with E-state index in [-0.39, 0.29) is 0 Å². The molecule has 0 atom stereocenters. The molecule has 0 radical (unpaired) electrons. The highest BCUT2D eigenvalue weighted by Gasteiger charge is 2.21. The number of hydrogen-bond donors (Lipinski definition) is 1. The molecule has 1 saturated heterocycles. The first-order valence-corrected chi connectivity index (χ1v) is 6.95. The average molecular weight is 266 g/mol. The molecular formula is C13H18N2O2S. The number of aliphatic carboxylic acids is 1. The van der Waals surface area contributed by atoms with Gasteiger partial charge in [-0.25, -0.2) is 9.78 Å². The third-order valence-corrected chi connectivity index (χ3v) is 4.58. The van der Waals surface area contributed by atoms with Crippen LogP contribution in [0.3, 0.4) is 0 Å². The van der Waals surface area contributed by atoms with Crippen molar-refractivity contribution in [2.75, 3.05) is 20.1 Å². The third-order valence-electron chi connectivity index (χ3n) is 3.29. The highest BCUT2D eigenvalue weighted by molar-refractivity contribution is 7.12. The fraction of sp³-hybridized carbons (Fsp3) is 0.538. The molecule has 4 nitrogen and oxygen atoms in total. The maximum Gasteiger partial charge on any atom is 0.328 e. The SMILES string of the molecule is Cc1nc(C2CCN(C)CC2)sc1/C=C/C(=O)O. The molecular weight excluding hydrogens is 248 g/mol. The summed E-state index contributed by atoms with van der Waals surface area (Å²) in [5, 5.41) is 9.80. The topological polar surface area (TPSA) is 53.4 Å². The van der Waals surface area contributed by atoms with Crippen molar-refractivity contribution >= 4 is 23.4 Å². The molecule has 5 heteroatoms. The first-order chi connectivity index (χ1) is 8.56. The van der Waals surface area contributed by atoms with Crippen LogP contribution in [-0.2, 0) is 4.79 Å². The van der Waals surface area contributed by atoms with Crippen LogP contribution in [0.4, 0.5) is 0 Å². The Kier molecular flexibility index (Phi) is 4.14. The van der Waals surface area contributed by atoms with Gasteiger partial charge in [-0.1, -0.05) is 0 Å².